The molecule has 5 rings (SSSR count). The second-order valence-corrected chi connectivity index (χ2v) is 11.7. The molecule has 2 aliphatic heterocycles. The Morgan fingerprint density at radius 2 is 1.82 bits per heavy atom. The number of hydrogen-bond donors (Lipinski definition) is 3. The second-order valence-electron chi connectivity index (χ2n) is 11.7. The number of piperidine rings is 2. The summed E-state index contributed by atoms with van der Waals surface area (Å²) in [4.78, 5) is 37.9. The number of amides is 2. The molecular weight excluding hydrogens is 482 g/mol. The van der Waals surface area contributed by atoms with E-state index in [0.29, 0.717) is 28.8 Å². The number of aliphatic hydroxyl groups excluding tert-OH is 1. The minimum Gasteiger partial charge on any atom is -0.465 e. The van der Waals surface area contributed by atoms with Crippen LogP contribution in [0.15, 0.2) is 28.7 Å². The molecule has 3 N–H and O–H groups in total. The van der Waals surface area contributed by atoms with Gasteiger partial charge < -0.3 is 29.6 Å². The summed E-state index contributed by atoms with van der Waals surface area (Å²) < 4.78 is 5.90. The number of likely N-dealkylation sites (tertiary alicyclic amines) is 2. The lowest BCUT2D eigenvalue weighted by Gasteiger charge is -2.41. The van der Waals surface area contributed by atoms with Crippen molar-refractivity contribution in [2.75, 3.05) is 26.2 Å². The molecule has 9 heteroatoms. The molecule has 3 aromatic rings. The van der Waals surface area contributed by atoms with Crippen LogP contribution in [0.1, 0.15) is 84.5 Å². The maximum absolute atomic E-state index is 13.2. The molecule has 1 aromatic carbocycles. The number of aromatic nitrogens is 2. The Morgan fingerprint density at radius 1 is 1.11 bits per heavy atom. The van der Waals surface area contributed by atoms with E-state index in [4.69, 9.17) is 4.42 Å². The van der Waals surface area contributed by atoms with Crippen molar-refractivity contribution < 1.29 is 19.1 Å². The lowest BCUT2D eigenvalue weighted by molar-refractivity contribution is 0.0565. The van der Waals surface area contributed by atoms with E-state index in [9.17, 15) is 14.7 Å². The maximum Gasteiger partial charge on any atom is 0.257 e. The van der Waals surface area contributed by atoms with Crippen molar-refractivity contribution in [3.63, 3.8) is 0 Å². The van der Waals surface area contributed by atoms with Gasteiger partial charge in [-0.25, -0.2) is 4.98 Å². The van der Waals surface area contributed by atoms with E-state index in [0.717, 1.165) is 68.7 Å². The van der Waals surface area contributed by atoms with Crippen molar-refractivity contribution in [1.82, 2.24) is 25.1 Å². The van der Waals surface area contributed by atoms with Crippen molar-refractivity contribution in [2.45, 2.75) is 77.5 Å². The first-order chi connectivity index (χ1) is 18.1. The second kappa shape index (κ2) is 10.5. The van der Waals surface area contributed by atoms with Gasteiger partial charge in [-0.1, -0.05) is 20.8 Å². The van der Waals surface area contributed by atoms with Gasteiger partial charge in [-0.15, -0.1) is 0 Å². The van der Waals surface area contributed by atoms with Gasteiger partial charge in [0.25, 0.3) is 11.8 Å². The number of H-pyrrole nitrogens is 1. The number of benzene rings is 1. The standard InChI is InChI=1S/C29H39N5O4/c1-18-22(16-25(38-18)29(2,3)4)28(37)34-13-9-21(10-14-34)33-11-7-20(8-12-33)30-27(36)19-5-6-23-24(15-19)32-26(17-35)31-23/h5-6,15-16,20-21,35H,7-14,17H2,1-4H3,(H,30,36)(H,31,32). The number of imidazole rings is 1. The zero-order valence-electron chi connectivity index (χ0n) is 22.8. The Kier molecular flexibility index (Phi) is 7.33. The topological polar surface area (TPSA) is 115 Å². The van der Waals surface area contributed by atoms with Crippen LogP contribution in [0, 0.1) is 6.92 Å². The van der Waals surface area contributed by atoms with Crippen molar-refractivity contribution >= 4 is 22.8 Å². The summed E-state index contributed by atoms with van der Waals surface area (Å²) in [5, 5.41) is 12.5. The van der Waals surface area contributed by atoms with Gasteiger partial charge in [-0.2, -0.15) is 0 Å². The van der Waals surface area contributed by atoms with Crippen LogP contribution in [-0.2, 0) is 12.0 Å². The number of nitrogens with zero attached hydrogens (tertiary/aromatic N) is 3. The molecule has 2 amide bonds. The minimum atomic E-state index is -0.160. The zero-order valence-corrected chi connectivity index (χ0v) is 22.8. The monoisotopic (exact) mass is 521 g/mol. The lowest BCUT2D eigenvalue weighted by Crippen LogP contribution is -2.51. The van der Waals surface area contributed by atoms with Gasteiger partial charge in [-0.05, 0) is 56.9 Å². The van der Waals surface area contributed by atoms with Crippen molar-refractivity contribution in [1.29, 1.82) is 0 Å². The highest BCUT2D eigenvalue weighted by atomic mass is 16.3. The van der Waals surface area contributed by atoms with Crippen LogP contribution in [-0.4, -0.2) is 75.0 Å². The molecule has 0 bridgehead atoms. The lowest BCUT2D eigenvalue weighted by atomic mass is 9.93. The van der Waals surface area contributed by atoms with Crippen molar-refractivity contribution in [3.8, 4) is 0 Å². The van der Waals surface area contributed by atoms with Crippen molar-refractivity contribution in [2.24, 2.45) is 0 Å². The van der Waals surface area contributed by atoms with Gasteiger partial charge in [0.15, 0.2) is 0 Å². The zero-order chi connectivity index (χ0) is 27.0. The van der Waals surface area contributed by atoms with Crippen LogP contribution in [0.4, 0.5) is 0 Å². The third-order valence-corrected chi connectivity index (χ3v) is 7.96. The van der Waals surface area contributed by atoms with E-state index < -0.39 is 0 Å². The average molecular weight is 522 g/mol. The highest BCUT2D eigenvalue weighted by molar-refractivity contribution is 5.97. The first-order valence-corrected chi connectivity index (χ1v) is 13.7. The molecule has 38 heavy (non-hydrogen) atoms. The van der Waals surface area contributed by atoms with E-state index >= 15 is 0 Å². The summed E-state index contributed by atoms with van der Waals surface area (Å²) in [6.07, 6.45) is 3.75. The Hall–Kier alpha value is -3.17. The van der Waals surface area contributed by atoms with E-state index in [1.807, 2.05) is 17.9 Å². The molecule has 0 spiro atoms. The minimum absolute atomic E-state index is 0.0718. The van der Waals surface area contributed by atoms with E-state index in [1.165, 1.54) is 0 Å². The Labute approximate surface area is 223 Å². The fraction of sp³-hybridized carbons (Fsp3) is 0.552. The van der Waals surface area contributed by atoms with Gasteiger partial charge in [0, 0.05) is 49.2 Å². The molecule has 2 aromatic heterocycles. The SMILES string of the molecule is Cc1oc(C(C)(C)C)cc1C(=O)N1CCC(N2CCC(NC(=O)c3ccc4nc(CO)[nH]c4c3)CC2)CC1. The fourth-order valence-corrected chi connectivity index (χ4v) is 5.62. The number of aromatic amines is 1. The molecule has 0 atom stereocenters. The smallest absolute Gasteiger partial charge is 0.257 e. The van der Waals surface area contributed by atoms with Gasteiger partial charge >= 0.3 is 0 Å². The summed E-state index contributed by atoms with van der Waals surface area (Å²) in [7, 11) is 0. The summed E-state index contributed by atoms with van der Waals surface area (Å²) in [5.41, 5.74) is 2.64. The number of aryl methyl sites for hydroxylation is 1. The third-order valence-electron chi connectivity index (χ3n) is 7.96. The van der Waals surface area contributed by atoms with Crippen LogP contribution < -0.4 is 5.32 Å². The summed E-state index contributed by atoms with van der Waals surface area (Å²) in [6.45, 7) is 11.4. The van der Waals surface area contributed by atoms with Gasteiger partial charge in [0.2, 0.25) is 0 Å². The summed E-state index contributed by atoms with van der Waals surface area (Å²) >= 11 is 0. The van der Waals surface area contributed by atoms with E-state index in [1.54, 1.807) is 18.2 Å². The number of carbonyl (C=O) groups is 2. The highest BCUT2D eigenvalue weighted by Crippen LogP contribution is 2.29. The molecule has 2 aliphatic rings. The number of furan rings is 1. The Balaban J connectivity index is 1.10. The first kappa shape index (κ1) is 26.4. The Bertz CT molecular complexity index is 1300. The molecule has 0 radical (unpaired) electrons. The molecule has 9 nitrogen and oxygen atoms in total. The van der Waals surface area contributed by atoms with E-state index in [-0.39, 0.29) is 29.9 Å². The fourth-order valence-electron chi connectivity index (χ4n) is 5.62. The van der Waals surface area contributed by atoms with Crippen LogP contribution in [0.3, 0.4) is 0 Å². The van der Waals surface area contributed by atoms with Crippen molar-refractivity contribution in [3.05, 3.63) is 52.7 Å². The van der Waals surface area contributed by atoms with Gasteiger partial charge in [-0.3, -0.25) is 9.59 Å². The molecule has 204 valence electrons. The normalized spacial score (nSPS) is 18.3. The van der Waals surface area contributed by atoms with Gasteiger partial charge in [0.1, 0.15) is 24.0 Å². The molecule has 4 heterocycles. The number of fused-ring (bicyclic) bond motifs is 1. The number of carbonyl (C=O) groups excluding carboxylic acids is 2. The van der Waals surface area contributed by atoms with Crippen LogP contribution >= 0.6 is 0 Å². The highest BCUT2D eigenvalue weighted by Gasteiger charge is 2.32. The number of rotatable bonds is 5. The molecule has 0 saturated carbocycles. The number of aliphatic hydroxyl groups is 1. The molecular formula is C29H39N5O4. The van der Waals surface area contributed by atoms with E-state index in [2.05, 4.69) is 41.0 Å². The summed E-state index contributed by atoms with van der Waals surface area (Å²) in [6, 6.07) is 7.90. The molecule has 2 saturated heterocycles. The molecule has 0 unspecified atom stereocenters. The molecule has 0 aliphatic carbocycles. The van der Waals surface area contributed by atoms with Gasteiger partial charge in [0.05, 0.1) is 16.6 Å². The third kappa shape index (κ3) is 5.49. The number of hydrogen-bond acceptors (Lipinski definition) is 6. The summed E-state index contributed by atoms with van der Waals surface area (Å²) in [5.74, 6) is 2.03. The predicted octanol–water partition coefficient (Wildman–Crippen LogP) is 3.75. The average Bonchev–Trinajstić information content (AvgIpc) is 3.51. The van der Waals surface area contributed by atoms with Crippen LogP contribution in [0.25, 0.3) is 11.0 Å². The van der Waals surface area contributed by atoms with Crippen LogP contribution in [0.5, 0.6) is 0 Å². The Morgan fingerprint density at radius 3 is 2.45 bits per heavy atom. The maximum atomic E-state index is 13.2. The number of nitrogens with one attached hydrogen (secondary N) is 2. The van der Waals surface area contributed by atoms with Crippen LogP contribution in [0.2, 0.25) is 0 Å². The first-order valence-electron chi connectivity index (χ1n) is 13.7. The quantitative estimate of drug-likeness (QED) is 0.471. The largest absolute Gasteiger partial charge is 0.465 e. The predicted molar refractivity (Wildman–Crippen MR) is 145 cm³/mol. The molecule has 2 fully saturated rings.